The number of esters is 1. The van der Waals surface area contributed by atoms with Crippen molar-refractivity contribution >= 4 is 27.6 Å². The molecule has 130 valence electrons. The predicted octanol–water partition coefficient (Wildman–Crippen LogP) is 1.28. The predicted molar refractivity (Wildman–Crippen MR) is 83.8 cm³/mol. The minimum absolute atomic E-state index is 0.0172. The average molecular weight is 354 g/mol. The Morgan fingerprint density at radius 2 is 1.83 bits per heavy atom. The molecule has 8 nitrogen and oxygen atoms in total. The highest BCUT2D eigenvalue weighted by Gasteiger charge is 2.30. The highest BCUT2D eigenvalue weighted by atomic mass is 32.2. The van der Waals surface area contributed by atoms with Crippen molar-refractivity contribution in [2.75, 3.05) is 13.2 Å². The van der Waals surface area contributed by atoms with E-state index < -0.39 is 27.6 Å². The summed E-state index contributed by atoms with van der Waals surface area (Å²) in [5.74, 6) is -1.79. The summed E-state index contributed by atoms with van der Waals surface area (Å²) in [7, 11) is -3.91. The van der Waals surface area contributed by atoms with Crippen LogP contribution in [-0.4, -0.2) is 43.9 Å². The van der Waals surface area contributed by atoms with E-state index in [0.717, 1.165) is 5.56 Å². The van der Waals surface area contributed by atoms with E-state index >= 15 is 0 Å². The van der Waals surface area contributed by atoms with Gasteiger partial charge in [0, 0.05) is 6.42 Å². The molecular weight excluding hydrogens is 336 g/mol. The van der Waals surface area contributed by atoms with Gasteiger partial charge in [-0.2, -0.15) is 13.2 Å². The molecule has 0 unspecified atom stereocenters. The number of hydrogen-bond donors (Lipinski definition) is 0. The molecule has 0 bridgehead atoms. The molecule has 1 rings (SSSR count). The Kier molecular flexibility index (Phi) is 7.44. The lowest BCUT2D eigenvalue weighted by atomic mass is 10.1. The number of ketones is 1. The van der Waals surface area contributed by atoms with Crippen molar-refractivity contribution in [3.8, 4) is 0 Å². The minimum Gasteiger partial charge on any atom is -0.457 e. The van der Waals surface area contributed by atoms with E-state index in [1.54, 1.807) is 19.1 Å². The van der Waals surface area contributed by atoms with Gasteiger partial charge in [-0.05, 0) is 32.4 Å². The molecule has 0 aliphatic heterocycles. The van der Waals surface area contributed by atoms with Crippen LogP contribution in [0.25, 0.3) is 5.53 Å². The molecule has 0 heterocycles. The van der Waals surface area contributed by atoms with Gasteiger partial charge in [0.05, 0.1) is 18.1 Å². The lowest BCUT2D eigenvalue weighted by molar-refractivity contribution is -0.141. The Bertz CT molecular complexity index is 749. The highest BCUT2D eigenvalue weighted by Crippen LogP contribution is 2.13. The fourth-order valence-corrected chi connectivity index (χ4v) is 2.65. The largest absolute Gasteiger partial charge is 0.457 e. The summed E-state index contributed by atoms with van der Waals surface area (Å²) in [5.41, 5.74) is 8.88. The van der Waals surface area contributed by atoms with Crippen LogP contribution in [0.4, 0.5) is 0 Å². The van der Waals surface area contributed by atoms with Crippen molar-refractivity contribution in [1.29, 1.82) is 0 Å². The fourth-order valence-electron chi connectivity index (χ4n) is 1.70. The molecule has 0 aromatic heterocycles. The first-order valence-corrected chi connectivity index (χ1v) is 8.61. The van der Waals surface area contributed by atoms with Crippen LogP contribution in [0, 0.1) is 6.92 Å². The van der Waals surface area contributed by atoms with Crippen molar-refractivity contribution in [2.24, 2.45) is 0 Å². The van der Waals surface area contributed by atoms with Crippen LogP contribution in [0.15, 0.2) is 29.2 Å². The molecule has 1 aromatic carbocycles. The monoisotopic (exact) mass is 354 g/mol. The van der Waals surface area contributed by atoms with Crippen molar-refractivity contribution in [1.82, 2.24) is 0 Å². The number of nitrogens with zero attached hydrogens (tertiary/aromatic N) is 2. The zero-order valence-corrected chi connectivity index (χ0v) is 14.2. The van der Waals surface area contributed by atoms with Crippen LogP contribution in [0.2, 0.25) is 0 Å². The van der Waals surface area contributed by atoms with Crippen LogP contribution >= 0.6 is 0 Å². The number of rotatable bonds is 9. The lowest BCUT2D eigenvalue weighted by Crippen LogP contribution is -2.27. The molecule has 9 heteroatoms. The summed E-state index contributed by atoms with van der Waals surface area (Å²) < 4.78 is 33.2. The quantitative estimate of drug-likeness (QED) is 0.125. The standard InChI is InChI=1S/C15H18N2O6S/c1-3-22-15(19)14(17-16)13(18)5-4-10-23-24(20,21)12-8-6-11(2)7-9-12/h6-9H,3-5,10H2,1-2H3. The molecule has 0 radical (unpaired) electrons. The zero-order valence-electron chi connectivity index (χ0n) is 13.4. The highest BCUT2D eigenvalue weighted by molar-refractivity contribution is 7.86. The number of carbonyl (C=O) groups excluding carboxylic acids is 2. The van der Waals surface area contributed by atoms with Gasteiger partial charge in [-0.15, -0.1) is 0 Å². The fraction of sp³-hybridized carbons (Fsp3) is 0.400. The van der Waals surface area contributed by atoms with E-state index in [1.165, 1.54) is 12.1 Å². The molecule has 0 saturated heterocycles. The van der Waals surface area contributed by atoms with Crippen molar-refractivity contribution in [3.05, 3.63) is 35.4 Å². The van der Waals surface area contributed by atoms with Crippen molar-refractivity contribution in [2.45, 2.75) is 31.6 Å². The minimum atomic E-state index is -3.91. The van der Waals surface area contributed by atoms with Gasteiger partial charge in [-0.3, -0.25) is 8.98 Å². The van der Waals surface area contributed by atoms with Gasteiger partial charge in [-0.25, -0.2) is 4.79 Å². The number of ether oxygens (including phenoxy) is 1. The van der Waals surface area contributed by atoms with Crippen molar-refractivity contribution < 1.29 is 31.7 Å². The van der Waals surface area contributed by atoms with Crippen LogP contribution in [0.5, 0.6) is 0 Å². The summed E-state index contributed by atoms with van der Waals surface area (Å²) in [6, 6.07) is 6.13. The Balaban J connectivity index is 2.53. The number of benzene rings is 1. The molecule has 0 fully saturated rings. The maximum Gasteiger partial charge on any atom is 0.441 e. The Labute approximate surface area is 140 Å². The van der Waals surface area contributed by atoms with Crippen molar-refractivity contribution in [3.63, 3.8) is 0 Å². The van der Waals surface area contributed by atoms with E-state index in [2.05, 4.69) is 9.53 Å². The third-order valence-electron chi connectivity index (χ3n) is 2.93. The molecule has 1 aromatic rings. The van der Waals surface area contributed by atoms with E-state index in [-0.39, 0.29) is 31.0 Å². The van der Waals surface area contributed by atoms with E-state index in [1.807, 2.05) is 6.92 Å². The smallest absolute Gasteiger partial charge is 0.441 e. The Hall–Kier alpha value is -2.35. The number of aryl methyl sites for hydroxylation is 1. The summed E-state index contributed by atoms with van der Waals surface area (Å²) in [6.45, 7) is 3.15. The molecule has 0 amide bonds. The van der Waals surface area contributed by atoms with Crippen LogP contribution in [0.3, 0.4) is 0 Å². The van der Waals surface area contributed by atoms with Crippen LogP contribution < -0.4 is 0 Å². The zero-order chi connectivity index (χ0) is 18.2. The second kappa shape index (κ2) is 9.07. The lowest BCUT2D eigenvalue weighted by Gasteiger charge is -2.05. The third-order valence-corrected chi connectivity index (χ3v) is 4.26. The number of Topliss-reactive ketones (excluding diaryl/α,β-unsaturated/α-hetero) is 1. The van der Waals surface area contributed by atoms with E-state index in [9.17, 15) is 18.0 Å². The third kappa shape index (κ3) is 5.69. The van der Waals surface area contributed by atoms with Gasteiger partial charge in [0.2, 0.25) is 0 Å². The van der Waals surface area contributed by atoms with Gasteiger partial charge >= 0.3 is 11.7 Å². The van der Waals surface area contributed by atoms with Gasteiger partial charge < -0.3 is 10.3 Å². The maximum atomic E-state index is 11.9. The second-order valence-electron chi connectivity index (χ2n) is 4.78. The molecule has 0 aliphatic rings. The summed E-state index contributed by atoms with van der Waals surface area (Å²) >= 11 is 0. The van der Waals surface area contributed by atoms with E-state index in [4.69, 9.17) is 9.71 Å². The molecule has 0 atom stereocenters. The first kappa shape index (κ1) is 19.7. The normalized spacial score (nSPS) is 10.8. The summed E-state index contributed by atoms with van der Waals surface area (Å²) in [5, 5.41) is 0. The number of hydrogen-bond acceptors (Lipinski definition) is 6. The summed E-state index contributed by atoms with van der Waals surface area (Å²) in [6.07, 6.45) is -0.191. The average Bonchev–Trinajstić information content (AvgIpc) is 2.53. The van der Waals surface area contributed by atoms with Crippen LogP contribution in [0.1, 0.15) is 25.3 Å². The van der Waals surface area contributed by atoms with Crippen LogP contribution in [-0.2, 0) is 28.6 Å². The summed E-state index contributed by atoms with van der Waals surface area (Å²) in [4.78, 5) is 25.7. The molecule has 0 N–H and O–H groups in total. The topological polar surface area (TPSA) is 123 Å². The Morgan fingerprint density at radius 1 is 1.21 bits per heavy atom. The van der Waals surface area contributed by atoms with Gasteiger partial charge in [0.15, 0.2) is 0 Å². The van der Waals surface area contributed by atoms with E-state index in [0.29, 0.717) is 0 Å². The molecule has 0 spiro atoms. The molecular formula is C15H18N2O6S. The van der Waals surface area contributed by atoms with Gasteiger partial charge in [0.25, 0.3) is 15.9 Å². The maximum absolute atomic E-state index is 11.9. The molecule has 0 saturated carbocycles. The van der Waals surface area contributed by atoms with Gasteiger partial charge in [-0.1, -0.05) is 17.7 Å². The van der Waals surface area contributed by atoms with Gasteiger partial charge in [0.1, 0.15) is 0 Å². The first-order valence-electron chi connectivity index (χ1n) is 7.20. The first-order chi connectivity index (χ1) is 11.3. The molecule has 0 aliphatic carbocycles. The second-order valence-corrected chi connectivity index (χ2v) is 6.40. The molecule has 24 heavy (non-hydrogen) atoms. The number of carbonyl (C=O) groups is 2. The SMILES string of the molecule is CCOC(=O)C(=[N+]=[N-])C(=O)CCCOS(=O)(=O)c1ccc(C)cc1. The Morgan fingerprint density at radius 3 is 2.38 bits per heavy atom.